The summed E-state index contributed by atoms with van der Waals surface area (Å²) in [6, 6.07) is 0. The average molecular weight is 212 g/mol. The number of ketones is 2. The lowest BCUT2D eigenvalue weighted by Gasteiger charge is -2.21. The molecule has 0 aromatic rings. The number of hydrazine groups is 1. The minimum absolute atomic E-state index is 0.0305. The van der Waals surface area contributed by atoms with Crippen molar-refractivity contribution < 1.29 is 19.4 Å². The zero-order chi connectivity index (χ0) is 11.4. The monoisotopic (exact) mass is 212 g/mol. The second-order valence-corrected chi connectivity index (χ2v) is 2.98. The molecule has 0 spiro atoms. The van der Waals surface area contributed by atoms with Crippen LogP contribution in [0, 0.1) is 0 Å². The normalized spacial score (nSPS) is 16.1. The van der Waals surface area contributed by atoms with E-state index < -0.39 is 17.3 Å². The molecule has 0 atom stereocenters. The van der Waals surface area contributed by atoms with E-state index in [-0.39, 0.29) is 12.2 Å². The standard InChI is InChI=1S/C9H12N2O4/c1-15-3-2-11(10)7-4-6(12)5-8(13)9(7)14/h4-5,13H,2-3,10H2,1H3. The molecule has 0 heterocycles. The van der Waals surface area contributed by atoms with Gasteiger partial charge in [0.1, 0.15) is 5.70 Å². The molecule has 0 radical (unpaired) electrons. The van der Waals surface area contributed by atoms with Crippen LogP contribution in [-0.2, 0) is 14.3 Å². The summed E-state index contributed by atoms with van der Waals surface area (Å²) in [4.78, 5) is 22.4. The summed E-state index contributed by atoms with van der Waals surface area (Å²) in [6.45, 7) is 0.578. The van der Waals surface area contributed by atoms with E-state index in [1.54, 1.807) is 0 Å². The van der Waals surface area contributed by atoms with Crippen molar-refractivity contribution in [1.29, 1.82) is 0 Å². The smallest absolute Gasteiger partial charge is 0.244 e. The van der Waals surface area contributed by atoms with Gasteiger partial charge in [-0.2, -0.15) is 0 Å². The number of rotatable bonds is 4. The molecule has 0 aromatic heterocycles. The van der Waals surface area contributed by atoms with Crippen LogP contribution < -0.4 is 5.84 Å². The van der Waals surface area contributed by atoms with Gasteiger partial charge in [0.25, 0.3) is 0 Å². The Labute approximate surface area is 86.6 Å². The highest BCUT2D eigenvalue weighted by molar-refractivity contribution is 6.18. The van der Waals surface area contributed by atoms with E-state index in [4.69, 9.17) is 15.7 Å². The summed E-state index contributed by atoms with van der Waals surface area (Å²) in [5.41, 5.74) is -0.0305. The first-order valence-corrected chi connectivity index (χ1v) is 4.28. The molecule has 0 bridgehead atoms. The van der Waals surface area contributed by atoms with Crippen molar-refractivity contribution in [1.82, 2.24) is 5.01 Å². The molecular formula is C9H12N2O4. The molecule has 1 aliphatic carbocycles. The van der Waals surface area contributed by atoms with Crippen molar-refractivity contribution in [2.75, 3.05) is 20.3 Å². The molecule has 0 unspecified atom stereocenters. The SMILES string of the molecule is COCCN(N)C1=CC(=O)C=C(O)C1=O. The van der Waals surface area contributed by atoms with Gasteiger partial charge < -0.3 is 14.9 Å². The van der Waals surface area contributed by atoms with Crippen LogP contribution in [-0.4, -0.2) is 41.9 Å². The predicted octanol–water partition coefficient (Wildman–Crippen LogP) is -0.714. The highest BCUT2D eigenvalue weighted by atomic mass is 16.5. The molecule has 3 N–H and O–H groups in total. The van der Waals surface area contributed by atoms with E-state index in [0.29, 0.717) is 6.61 Å². The molecule has 0 saturated carbocycles. The molecule has 6 nitrogen and oxygen atoms in total. The fraction of sp³-hybridized carbons (Fsp3) is 0.333. The molecule has 1 rings (SSSR count). The number of hydrogen-bond acceptors (Lipinski definition) is 6. The minimum atomic E-state index is -0.659. The molecular weight excluding hydrogens is 200 g/mol. The van der Waals surface area contributed by atoms with Gasteiger partial charge in [0.15, 0.2) is 11.5 Å². The van der Waals surface area contributed by atoms with Crippen molar-refractivity contribution in [3.05, 3.63) is 23.6 Å². The number of carbonyl (C=O) groups is 2. The third kappa shape index (κ3) is 2.64. The first-order valence-electron chi connectivity index (χ1n) is 4.28. The third-order valence-corrected chi connectivity index (χ3v) is 1.87. The number of carbonyl (C=O) groups excluding carboxylic acids is 2. The van der Waals surface area contributed by atoms with Gasteiger partial charge in [-0.25, -0.2) is 5.84 Å². The zero-order valence-corrected chi connectivity index (χ0v) is 8.27. The van der Waals surface area contributed by atoms with E-state index in [1.807, 2.05) is 0 Å². The predicted molar refractivity (Wildman–Crippen MR) is 51.6 cm³/mol. The topological polar surface area (TPSA) is 92.9 Å². The first-order chi connectivity index (χ1) is 7.06. The van der Waals surface area contributed by atoms with Crippen LogP contribution in [0.3, 0.4) is 0 Å². The number of Topliss-reactive ketones (excluding diaryl/α,β-unsaturated/α-hetero) is 1. The van der Waals surface area contributed by atoms with Gasteiger partial charge in [-0.05, 0) is 0 Å². The lowest BCUT2D eigenvalue weighted by molar-refractivity contribution is -0.118. The summed E-state index contributed by atoms with van der Waals surface area (Å²) in [6.07, 6.45) is 1.94. The van der Waals surface area contributed by atoms with Crippen LogP contribution in [0.4, 0.5) is 0 Å². The van der Waals surface area contributed by atoms with Crippen molar-refractivity contribution in [3.63, 3.8) is 0 Å². The minimum Gasteiger partial charge on any atom is -0.504 e. The number of aliphatic hydroxyl groups excluding tert-OH is 1. The number of hydrogen-bond donors (Lipinski definition) is 2. The maximum atomic E-state index is 11.4. The van der Waals surface area contributed by atoms with Crippen molar-refractivity contribution in [2.24, 2.45) is 5.84 Å². The molecule has 0 fully saturated rings. The Hall–Kier alpha value is -1.66. The van der Waals surface area contributed by atoms with E-state index >= 15 is 0 Å². The first kappa shape index (κ1) is 11.4. The lowest BCUT2D eigenvalue weighted by atomic mass is 10.1. The lowest BCUT2D eigenvalue weighted by Crippen LogP contribution is -2.38. The van der Waals surface area contributed by atoms with Crippen LogP contribution >= 0.6 is 0 Å². The number of allylic oxidation sites excluding steroid dienone is 2. The quantitative estimate of drug-likeness (QED) is 0.363. The maximum Gasteiger partial charge on any atom is 0.244 e. The Kier molecular flexibility index (Phi) is 3.59. The molecule has 15 heavy (non-hydrogen) atoms. The van der Waals surface area contributed by atoms with E-state index in [1.165, 1.54) is 7.11 Å². The highest BCUT2D eigenvalue weighted by Crippen LogP contribution is 2.12. The molecule has 0 aromatic carbocycles. The largest absolute Gasteiger partial charge is 0.504 e. The Balaban J connectivity index is 2.77. The maximum absolute atomic E-state index is 11.4. The Morgan fingerprint density at radius 2 is 2.13 bits per heavy atom. The Morgan fingerprint density at radius 1 is 1.47 bits per heavy atom. The highest BCUT2D eigenvalue weighted by Gasteiger charge is 2.24. The van der Waals surface area contributed by atoms with Crippen LogP contribution in [0.2, 0.25) is 0 Å². The van der Waals surface area contributed by atoms with Crippen LogP contribution in [0.1, 0.15) is 0 Å². The fourth-order valence-electron chi connectivity index (χ4n) is 1.10. The van der Waals surface area contributed by atoms with Crippen molar-refractivity contribution >= 4 is 11.6 Å². The van der Waals surface area contributed by atoms with Gasteiger partial charge >= 0.3 is 0 Å². The summed E-state index contributed by atoms with van der Waals surface area (Å²) >= 11 is 0. The Morgan fingerprint density at radius 3 is 2.73 bits per heavy atom. The molecule has 0 aliphatic heterocycles. The molecule has 0 amide bonds. The number of aliphatic hydroxyl groups is 1. The fourth-order valence-corrected chi connectivity index (χ4v) is 1.10. The number of methoxy groups -OCH3 is 1. The van der Waals surface area contributed by atoms with Gasteiger partial charge in [-0.1, -0.05) is 0 Å². The summed E-state index contributed by atoms with van der Waals surface area (Å²) < 4.78 is 4.77. The van der Waals surface area contributed by atoms with Crippen LogP contribution in [0.15, 0.2) is 23.6 Å². The van der Waals surface area contributed by atoms with E-state index in [2.05, 4.69) is 0 Å². The number of nitrogens with zero attached hydrogens (tertiary/aromatic N) is 1. The molecule has 1 aliphatic rings. The average Bonchev–Trinajstić information content (AvgIpc) is 2.19. The van der Waals surface area contributed by atoms with Gasteiger partial charge in [0.05, 0.1) is 13.2 Å². The van der Waals surface area contributed by atoms with E-state index in [9.17, 15) is 9.59 Å². The third-order valence-electron chi connectivity index (χ3n) is 1.87. The second-order valence-electron chi connectivity index (χ2n) is 2.98. The summed E-state index contributed by atoms with van der Waals surface area (Å²) in [5, 5.41) is 10.2. The molecule has 82 valence electrons. The van der Waals surface area contributed by atoms with Crippen molar-refractivity contribution in [3.8, 4) is 0 Å². The number of ether oxygens (including phenoxy) is 1. The van der Waals surface area contributed by atoms with Crippen LogP contribution in [0.5, 0.6) is 0 Å². The zero-order valence-electron chi connectivity index (χ0n) is 8.27. The van der Waals surface area contributed by atoms with E-state index in [0.717, 1.165) is 17.2 Å². The van der Waals surface area contributed by atoms with Gasteiger partial charge in [-0.3, -0.25) is 9.59 Å². The van der Waals surface area contributed by atoms with Crippen LogP contribution in [0.25, 0.3) is 0 Å². The Bertz CT molecular complexity index is 346. The summed E-state index contributed by atoms with van der Waals surface area (Å²) in [7, 11) is 1.49. The molecule has 0 saturated heterocycles. The van der Waals surface area contributed by atoms with Gasteiger partial charge in [0.2, 0.25) is 5.78 Å². The second kappa shape index (κ2) is 4.72. The van der Waals surface area contributed by atoms with Crippen molar-refractivity contribution in [2.45, 2.75) is 0 Å². The number of nitrogens with two attached hydrogens (primary N) is 1. The van der Waals surface area contributed by atoms with Gasteiger partial charge in [-0.15, -0.1) is 0 Å². The summed E-state index contributed by atoms with van der Waals surface area (Å²) in [5.74, 6) is 3.81. The molecule has 6 heteroatoms. The van der Waals surface area contributed by atoms with Gasteiger partial charge in [0, 0.05) is 19.3 Å².